The molecule has 1 atom stereocenters. The van der Waals surface area contributed by atoms with Gasteiger partial charge >= 0.3 is 6.18 Å². The number of rotatable bonds is 9. The van der Waals surface area contributed by atoms with Gasteiger partial charge in [0.25, 0.3) is 0 Å². The number of nitrogens with zero attached hydrogens (tertiary/aromatic N) is 3. The number of benzene rings is 2. The van der Waals surface area contributed by atoms with Gasteiger partial charge in [0, 0.05) is 54.9 Å². The van der Waals surface area contributed by atoms with Crippen molar-refractivity contribution < 1.29 is 13.2 Å². The van der Waals surface area contributed by atoms with E-state index in [4.69, 9.17) is 23.2 Å². The second-order valence-electron chi connectivity index (χ2n) is 11.2. The second-order valence-corrected chi connectivity index (χ2v) is 12.1. The lowest BCUT2D eigenvalue weighted by Crippen LogP contribution is -2.51. The van der Waals surface area contributed by atoms with Crippen LogP contribution in [-0.2, 0) is 0 Å². The molecule has 1 N–H and O–H groups in total. The molecule has 0 amide bonds. The summed E-state index contributed by atoms with van der Waals surface area (Å²) in [6.07, 6.45) is 1.08. The Hall–Kier alpha value is -1.87. The first-order valence-electron chi connectivity index (χ1n) is 14.0. The van der Waals surface area contributed by atoms with E-state index in [1.54, 1.807) is 6.08 Å². The number of hydrogen-bond acceptors (Lipinski definition) is 4. The first kappa shape index (κ1) is 29.6. The Kier molecular flexibility index (Phi) is 9.30. The summed E-state index contributed by atoms with van der Waals surface area (Å²) in [5.41, 5.74) is 1.80. The van der Waals surface area contributed by atoms with Crippen LogP contribution in [0.25, 0.3) is 0 Å². The monoisotopic (exact) mass is 592 g/mol. The molecular weight excluding hydrogens is 556 g/mol. The molecule has 2 aromatic carbocycles. The third-order valence-corrected chi connectivity index (χ3v) is 9.17. The van der Waals surface area contributed by atoms with Crippen molar-refractivity contribution in [1.29, 1.82) is 0 Å². The second kappa shape index (κ2) is 12.6. The van der Waals surface area contributed by atoms with Gasteiger partial charge in [0.15, 0.2) is 0 Å². The van der Waals surface area contributed by atoms with Crippen LogP contribution in [0.5, 0.6) is 0 Å². The van der Waals surface area contributed by atoms with Gasteiger partial charge in [0.05, 0.1) is 11.6 Å². The highest BCUT2D eigenvalue weighted by Crippen LogP contribution is 2.39. The van der Waals surface area contributed by atoms with Gasteiger partial charge in [-0.25, -0.2) is 0 Å². The number of nitrogens with one attached hydrogen (secondary N) is 1. The first-order chi connectivity index (χ1) is 19.2. The number of halogens is 5. The summed E-state index contributed by atoms with van der Waals surface area (Å²) in [6.45, 7) is 6.25. The van der Waals surface area contributed by atoms with Crippen LogP contribution in [0.4, 0.5) is 13.2 Å². The van der Waals surface area contributed by atoms with Gasteiger partial charge in [-0.1, -0.05) is 59.6 Å². The van der Waals surface area contributed by atoms with Crippen molar-refractivity contribution in [2.75, 3.05) is 59.4 Å². The third kappa shape index (κ3) is 6.94. The topological polar surface area (TPSA) is 21.8 Å². The van der Waals surface area contributed by atoms with Gasteiger partial charge in [0.1, 0.15) is 0 Å². The minimum Gasteiger partial charge on any atom is -0.311 e. The van der Waals surface area contributed by atoms with E-state index < -0.39 is 17.3 Å². The Bertz CT molecular complexity index is 1160. The fourth-order valence-electron chi connectivity index (χ4n) is 6.12. The van der Waals surface area contributed by atoms with Crippen LogP contribution in [0.15, 0.2) is 71.8 Å². The normalized spacial score (nSPS) is 23.2. The molecule has 1 unspecified atom stereocenters. The van der Waals surface area contributed by atoms with Crippen molar-refractivity contribution in [2.24, 2.45) is 0 Å². The predicted octanol–water partition coefficient (Wildman–Crippen LogP) is 6.57. The van der Waals surface area contributed by atoms with E-state index in [1.165, 1.54) is 12.5 Å². The zero-order chi connectivity index (χ0) is 28.3. The minimum atomic E-state index is -4.36. The smallest absolute Gasteiger partial charge is 0.311 e. The average molecular weight is 594 g/mol. The molecular formula is C31H37Cl2F3N4. The van der Waals surface area contributed by atoms with E-state index in [0.717, 1.165) is 50.3 Å². The molecule has 4 nitrogen and oxygen atoms in total. The molecule has 0 spiro atoms. The molecule has 1 aliphatic carbocycles. The minimum absolute atomic E-state index is 0.0118. The molecule has 216 valence electrons. The Balaban J connectivity index is 1.30. The van der Waals surface area contributed by atoms with E-state index in [-0.39, 0.29) is 6.04 Å². The van der Waals surface area contributed by atoms with Gasteiger partial charge in [-0.15, -0.1) is 0 Å². The van der Waals surface area contributed by atoms with E-state index >= 15 is 0 Å². The lowest BCUT2D eigenvalue weighted by atomic mass is 9.80. The summed E-state index contributed by atoms with van der Waals surface area (Å²) >= 11 is 12.3. The van der Waals surface area contributed by atoms with Crippen molar-refractivity contribution in [3.05, 3.63) is 93.0 Å². The van der Waals surface area contributed by atoms with Gasteiger partial charge in [-0.05, 0) is 80.4 Å². The standard InChI is InChI=1S/C31H37Cl2F3N4/c1-37-30(13-16-38-14-2-15-38)12-11-28(31(34,35)36)25(21-30)22-39-17-19-40(20-18-39)29(23-3-7-26(32)8-4-23)24-5-9-27(33)10-6-24/h3-12,29,37H,2,13-22H2,1H3. The third-order valence-electron chi connectivity index (χ3n) is 8.66. The molecule has 0 bridgehead atoms. The Morgan fingerprint density at radius 1 is 0.850 bits per heavy atom. The lowest BCUT2D eigenvalue weighted by Gasteiger charge is -2.42. The molecule has 5 rings (SSSR count). The van der Waals surface area contributed by atoms with E-state index in [2.05, 4.69) is 20.0 Å². The maximum atomic E-state index is 14.1. The number of piperazine rings is 1. The highest BCUT2D eigenvalue weighted by atomic mass is 35.5. The molecule has 2 heterocycles. The molecule has 2 aliphatic heterocycles. The summed E-state index contributed by atoms with van der Waals surface area (Å²) in [5, 5.41) is 4.73. The summed E-state index contributed by atoms with van der Waals surface area (Å²) in [7, 11) is 1.86. The summed E-state index contributed by atoms with van der Waals surface area (Å²) in [5.74, 6) is 0. The fourth-order valence-corrected chi connectivity index (χ4v) is 6.37. The number of alkyl halides is 3. The Labute approximate surface area is 245 Å². The molecule has 2 fully saturated rings. The van der Waals surface area contributed by atoms with Crippen LogP contribution in [0.3, 0.4) is 0 Å². The summed E-state index contributed by atoms with van der Waals surface area (Å²) in [4.78, 5) is 6.94. The molecule has 2 aromatic rings. The van der Waals surface area contributed by atoms with E-state index in [1.807, 2.05) is 55.6 Å². The lowest BCUT2D eigenvalue weighted by molar-refractivity contribution is -0.0899. The van der Waals surface area contributed by atoms with Gasteiger partial charge in [-0.2, -0.15) is 13.2 Å². The molecule has 0 radical (unpaired) electrons. The van der Waals surface area contributed by atoms with Crippen LogP contribution < -0.4 is 5.32 Å². The van der Waals surface area contributed by atoms with Crippen molar-refractivity contribution in [1.82, 2.24) is 20.0 Å². The van der Waals surface area contributed by atoms with Crippen LogP contribution in [0, 0.1) is 0 Å². The highest BCUT2D eigenvalue weighted by Gasteiger charge is 2.41. The largest absolute Gasteiger partial charge is 0.416 e. The van der Waals surface area contributed by atoms with Gasteiger partial charge in [0.2, 0.25) is 0 Å². The van der Waals surface area contributed by atoms with Crippen molar-refractivity contribution in [3.8, 4) is 0 Å². The molecule has 3 aliphatic rings. The highest BCUT2D eigenvalue weighted by molar-refractivity contribution is 6.30. The zero-order valence-corrected chi connectivity index (χ0v) is 24.4. The van der Waals surface area contributed by atoms with Crippen molar-refractivity contribution >= 4 is 23.2 Å². The average Bonchev–Trinajstić information content (AvgIpc) is 2.90. The van der Waals surface area contributed by atoms with Crippen LogP contribution >= 0.6 is 23.2 Å². The Morgan fingerprint density at radius 2 is 1.43 bits per heavy atom. The number of allylic oxidation sites excluding steroid dienone is 2. The van der Waals surface area contributed by atoms with Crippen LogP contribution in [0.1, 0.15) is 36.4 Å². The maximum absolute atomic E-state index is 14.1. The van der Waals surface area contributed by atoms with E-state index in [0.29, 0.717) is 41.7 Å². The van der Waals surface area contributed by atoms with Crippen molar-refractivity contribution in [2.45, 2.75) is 37.0 Å². The predicted molar refractivity (Wildman–Crippen MR) is 157 cm³/mol. The van der Waals surface area contributed by atoms with Gasteiger partial charge < -0.3 is 10.2 Å². The number of hydrogen-bond donors (Lipinski definition) is 1. The molecule has 2 saturated heterocycles. The molecule has 9 heteroatoms. The maximum Gasteiger partial charge on any atom is 0.416 e. The zero-order valence-electron chi connectivity index (χ0n) is 22.9. The molecule has 0 aromatic heterocycles. The molecule has 40 heavy (non-hydrogen) atoms. The van der Waals surface area contributed by atoms with Crippen molar-refractivity contribution in [3.63, 3.8) is 0 Å². The van der Waals surface area contributed by atoms with E-state index in [9.17, 15) is 13.2 Å². The Morgan fingerprint density at radius 3 is 1.90 bits per heavy atom. The summed E-state index contributed by atoms with van der Waals surface area (Å²) < 4.78 is 42.3. The van der Waals surface area contributed by atoms with Crippen LogP contribution in [-0.4, -0.2) is 85.8 Å². The van der Waals surface area contributed by atoms with Gasteiger partial charge in [-0.3, -0.25) is 9.80 Å². The first-order valence-corrected chi connectivity index (χ1v) is 14.8. The quantitative estimate of drug-likeness (QED) is 0.355. The SMILES string of the molecule is CNC1(CCN2CCC2)C=CC(C(F)(F)F)=C(CN2CCN(C(c3ccc(Cl)cc3)c3ccc(Cl)cc3)CC2)C1. The fraction of sp³-hybridized carbons (Fsp3) is 0.484. The number of likely N-dealkylation sites (tertiary alicyclic amines) is 1. The molecule has 0 saturated carbocycles. The summed E-state index contributed by atoms with van der Waals surface area (Å²) in [6, 6.07) is 15.8. The van der Waals surface area contributed by atoms with Crippen LogP contribution in [0.2, 0.25) is 10.0 Å². The number of likely N-dealkylation sites (N-methyl/N-ethyl adjacent to an activating group) is 1.